The number of anilines is 1. The van der Waals surface area contributed by atoms with E-state index in [-0.39, 0.29) is 0 Å². The summed E-state index contributed by atoms with van der Waals surface area (Å²) >= 11 is 7.53. The van der Waals surface area contributed by atoms with Gasteiger partial charge in [-0.3, -0.25) is 5.43 Å². The molecule has 0 atom stereocenters. The van der Waals surface area contributed by atoms with Crippen molar-refractivity contribution >= 4 is 45.2 Å². The molecule has 0 saturated carbocycles. The van der Waals surface area contributed by atoms with Gasteiger partial charge in [-0.25, -0.2) is 9.97 Å². The average Bonchev–Trinajstić information content (AvgIpc) is 3.09. The lowest BCUT2D eigenvalue weighted by atomic mass is 10.2. The Labute approximate surface area is 153 Å². The lowest BCUT2D eigenvalue weighted by Gasteiger charge is -2.00. The van der Waals surface area contributed by atoms with Crippen LogP contribution >= 0.6 is 22.9 Å². The molecule has 4 nitrogen and oxygen atoms in total. The number of halogens is 1. The molecule has 0 aliphatic rings. The number of thiophene rings is 1. The molecular formula is C19H13ClN4S. The van der Waals surface area contributed by atoms with Crippen molar-refractivity contribution in [3.05, 3.63) is 77.6 Å². The molecule has 0 fully saturated rings. The summed E-state index contributed by atoms with van der Waals surface area (Å²) < 4.78 is 0.981. The summed E-state index contributed by atoms with van der Waals surface area (Å²) in [7, 11) is 0. The fraction of sp³-hybridized carbons (Fsp3) is 0. The molecule has 0 bridgehead atoms. The molecule has 0 spiro atoms. The van der Waals surface area contributed by atoms with Crippen LogP contribution in [0.2, 0.25) is 5.02 Å². The van der Waals surface area contributed by atoms with Crippen molar-refractivity contribution in [3.8, 4) is 10.4 Å². The number of hydrogen-bond acceptors (Lipinski definition) is 5. The lowest BCUT2D eigenvalue weighted by molar-refractivity contribution is 1.19. The first kappa shape index (κ1) is 15.7. The molecule has 0 unspecified atom stereocenters. The lowest BCUT2D eigenvalue weighted by Crippen LogP contribution is -1.94. The molecule has 1 N–H and O–H groups in total. The molecule has 0 saturated heterocycles. The number of nitrogens with one attached hydrogen (secondary N) is 1. The monoisotopic (exact) mass is 364 g/mol. The maximum Gasteiger partial charge on any atom is 0.167 e. The number of aromatic nitrogens is 2. The Bertz CT molecular complexity index is 1030. The average molecular weight is 365 g/mol. The van der Waals surface area contributed by atoms with Crippen molar-refractivity contribution in [2.75, 3.05) is 5.43 Å². The van der Waals surface area contributed by atoms with Crippen molar-refractivity contribution < 1.29 is 0 Å². The van der Waals surface area contributed by atoms with Gasteiger partial charge >= 0.3 is 0 Å². The van der Waals surface area contributed by atoms with Gasteiger partial charge in [-0.05, 0) is 29.3 Å². The minimum atomic E-state index is 0.697. The van der Waals surface area contributed by atoms with Gasteiger partial charge in [-0.1, -0.05) is 54.1 Å². The summed E-state index contributed by atoms with van der Waals surface area (Å²) in [5.41, 5.74) is 6.04. The van der Waals surface area contributed by atoms with Crippen LogP contribution < -0.4 is 5.43 Å². The van der Waals surface area contributed by atoms with Crippen LogP contribution in [0.1, 0.15) is 5.56 Å². The molecule has 4 aromatic rings. The first-order valence-corrected chi connectivity index (χ1v) is 8.84. The van der Waals surface area contributed by atoms with Crippen LogP contribution in [-0.4, -0.2) is 16.2 Å². The minimum absolute atomic E-state index is 0.697. The first-order valence-electron chi connectivity index (χ1n) is 7.64. The van der Waals surface area contributed by atoms with Crippen LogP contribution in [0, 0.1) is 0 Å². The number of hydrazone groups is 1. The zero-order valence-electron chi connectivity index (χ0n) is 13.1. The topological polar surface area (TPSA) is 50.2 Å². The number of rotatable bonds is 4. The van der Waals surface area contributed by atoms with Crippen molar-refractivity contribution in [1.29, 1.82) is 0 Å². The zero-order valence-corrected chi connectivity index (χ0v) is 14.6. The van der Waals surface area contributed by atoms with Crippen molar-refractivity contribution in [2.24, 2.45) is 5.10 Å². The van der Waals surface area contributed by atoms with E-state index < -0.39 is 0 Å². The highest BCUT2D eigenvalue weighted by atomic mass is 35.5. The van der Waals surface area contributed by atoms with Gasteiger partial charge in [0.25, 0.3) is 0 Å². The van der Waals surface area contributed by atoms with Gasteiger partial charge in [-0.15, -0.1) is 11.3 Å². The van der Waals surface area contributed by atoms with Gasteiger partial charge < -0.3 is 0 Å². The van der Waals surface area contributed by atoms with Crippen LogP contribution in [-0.2, 0) is 0 Å². The minimum Gasteiger partial charge on any atom is -0.260 e. The molecule has 6 heteroatoms. The van der Waals surface area contributed by atoms with Crippen LogP contribution in [0.25, 0.3) is 20.7 Å². The van der Waals surface area contributed by atoms with E-state index in [1.165, 1.54) is 5.56 Å². The van der Waals surface area contributed by atoms with Crippen LogP contribution in [0.15, 0.2) is 72.1 Å². The van der Waals surface area contributed by atoms with E-state index in [1.807, 2.05) is 42.5 Å². The van der Waals surface area contributed by atoms with Gasteiger partial charge in [-0.2, -0.15) is 5.10 Å². The summed E-state index contributed by atoms with van der Waals surface area (Å²) in [6, 6.07) is 19.8. The predicted octanol–water partition coefficient (Wildman–Crippen LogP) is 5.46. The number of nitrogens with zero attached hydrogens (tertiary/aromatic N) is 3. The zero-order chi connectivity index (χ0) is 17.1. The molecule has 0 aliphatic heterocycles. The molecule has 2 heterocycles. The van der Waals surface area contributed by atoms with Crippen molar-refractivity contribution in [1.82, 2.24) is 9.97 Å². The molecule has 25 heavy (non-hydrogen) atoms. The van der Waals surface area contributed by atoms with Gasteiger partial charge in [0.1, 0.15) is 6.33 Å². The maximum absolute atomic E-state index is 5.88. The summed E-state index contributed by atoms with van der Waals surface area (Å²) in [5, 5.41) is 4.98. The van der Waals surface area contributed by atoms with E-state index in [1.54, 1.807) is 23.9 Å². The van der Waals surface area contributed by atoms with E-state index in [0.29, 0.717) is 10.8 Å². The Morgan fingerprint density at radius 3 is 2.60 bits per heavy atom. The third-order valence-electron chi connectivity index (χ3n) is 3.62. The second-order valence-electron chi connectivity index (χ2n) is 5.33. The van der Waals surface area contributed by atoms with Gasteiger partial charge in [0.2, 0.25) is 0 Å². The second kappa shape index (κ2) is 7.01. The molecular weight excluding hydrogens is 352 g/mol. The summed E-state index contributed by atoms with van der Waals surface area (Å²) in [4.78, 5) is 9.82. The smallest absolute Gasteiger partial charge is 0.167 e. The summed E-state index contributed by atoms with van der Waals surface area (Å²) in [5.74, 6) is 0.697. The Balaban J connectivity index is 1.61. The molecule has 4 rings (SSSR count). The fourth-order valence-electron chi connectivity index (χ4n) is 2.40. The number of fused-ring (bicyclic) bond motifs is 1. The normalized spacial score (nSPS) is 11.2. The Hall–Kier alpha value is -2.76. The van der Waals surface area contributed by atoms with Crippen molar-refractivity contribution in [2.45, 2.75) is 0 Å². The first-order chi connectivity index (χ1) is 12.3. The number of hydrogen-bond donors (Lipinski definition) is 1. The van der Waals surface area contributed by atoms with E-state index in [4.69, 9.17) is 11.6 Å². The standard InChI is InChI=1S/C19H13ClN4S/c20-15-8-6-13(7-9-15)11-23-24-19-18-16(21-12-22-19)10-17(25-18)14-4-2-1-3-5-14/h1-12H,(H,21,22,24)/b23-11+. The highest BCUT2D eigenvalue weighted by molar-refractivity contribution is 7.22. The molecule has 0 amide bonds. The number of benzene rings is 2. The predicted molar refractivity (Wildman–Crippen MR) is 106 cm³/mol. The fourth-order valence-corrected chi connectivity index (χ4v) is 3.58. The quantitative estimate of drug-likeness (QED) is 0.386. The molecule has 2 aromatic carbocycles. The molecule has 122 valence electrons. The molecule has 0 radical (unpaired) electrons. The van der Waals surface area contributed by atoms with E-state index >= 15 is 0 Å². The van der Waals surface area contributed by atoms with Crippen molar-refractivity contribution in [3.63, 3.8) is 0 Å². The largest absolute Gasteiger partial charge is 0.260 e. The summed E-state index contributed by atoms with van der Waals surface area (Å²) in [6.45, 7) is 0. The summed E-state index contributed by atoms with van der Waals surface area (Å²) in [6.07, 6.45) is 3.28. The highest BCUT2D eigenvalue weighted by Crippen LogP contribution is 2.35. The molecule has 0 aliphatic carbocycles. The molecule has 2 aromatic heterocycles. The SMILES string of the molecule is Clc1ccc(/C=N/Nc2ncnc3cc(-c4ccccc4)sc23)cc1. The third-order valence-corrected chi connectivity index (χ3v) is 5.06. The van der Waals surface area contributed by atoms with Gasteiger partial charge in [0.15, 0.2) is 5.82 Å². The Morgan fingerprint density at radius 2 is 1.80 bits per heavy atom. The van der Waals surface area contributed by atoms with Gasteiger partial charge in [0.05, 0.1) is 16.4 Å². The van der Waals surface area contributed by atoms with Crippen LogP contribution in [0.3, 0.4) is 0 Å². The Kier molecular flexibility index (Phi) is 4.41. The van der Waals surface area contributed by atoms with E-state index in [2.05, 4.69) is 38.7 Å². The van der Waals surface area contributed by atoms with Gasteiger partial charge in [0, 0.05) is 9.90 Å². The highest BCUT2D eigenvalue weighted by Gasteiger charge is 2.09. The maximum atomic E-state index is 5.88. The van der Waals surface area contributed by atoms with E-state index in [0.717, 1.165) is 20.7 Å². The van der Waals surface area contributed by atoms with Crippen LogP contribution in [0.4, 0.5) is 5.82 Å². The van der Waals surface area contributed by atoms with Crippen LogP contribution in [0.5, 0.6) is 0 Å². The second-order valence-corrected chi connectivity index (χ2v) is 6.82. The Morgan fingerprint density at radius 1 is 1.00 bits per heavy atom. The van der Waals surface area contributed by atoms with E-state index in [9.17, 15) is 0 Å². The third kappa shape index (κ3) is 3.52.